The Morgan fingerprint density at radius 2 is 1.76 bits per heavy atom. The van der Waals surface area contributed by atoms with Crippen LogP contribution in [0.1, 0.15) is 61.0 Å². The van der Waals surface area contributed by atoms with Crippen LogP contribution in [-0.2, 0) is 4.79 Å². The molecular formula is C31H44N8O2. The molecule has 0 aliphatic carbocycles. The van der Waals surface area contributed by atoms with Crippen LogP contribution in [0.25, 0.3) is 6.08 Å². The summed E-state index contributed by atoms with van der Waals surface area (Å²) in [6, 6.07) is 8.24. The van der Waals surface area contributed by atoms with Gasteiger partial charge in [0.15, 0.2) is 11.5 Å². The topological polar surface area (TPSA) is 107 Å². The van der Waals surface area contributed by atoms with Gasteiger partial charge in [-0.2, -0.15) is 0 Å². The summed E-state index contributed by atoms with van der Waals surface area (Å²) in [7, 11) is 0. The van der Waals surface area contributed by atoms with Gasteiger partial charge in [-0.25, -0.2) is 0 Å². The quantitative estimate of drug-likeness (QED) is 0.338. The van der Waals surface area contributed by atoms with E-state index in [0.717, 1.165) is 109 Å². The summed E-state index contributed by atoms with van der Waals surface area (Å²) in [5.74, 6) is 1.41. The maximum Gasteiger partial charge on any atom is 0.274 e. The van der Waals surface area contributed by atoms with E-state index < -0.39 is 0 Å². The first kappa shape index (κ1) is 29.1. The van der Waals surface area contributed by atoms with Gasteiger partial charge in [0.05, 0.1) is 0 Å². The Morgan fingerprint density at radius 3 is 2.46 bits per heavy atom. The molecule has 220 valence electrons. The number of hydrogen-bond acceptors (Lipinski definition) is 8. The lowest BCUT2D eigenvalue weighted by Gasteiger charge is -2.40. The first-order valence-electron chi connectivity index (χ1n) is 15.3. The van der Waals surface area contributed by atoms with Gasteiger partial charge in [-0.15, -0.1) is 10.2 Å². The number of aromatic nitrogens is 3. The van der Waals surface area contributed by atoms with E-state index in [4.69, 9.17) is 0 Å². The van der Waals surface area contributed by atoms with Gasteiger partial charge in [-0.3, -0.25) is 19.5 Å². The Kier molecular flexibility index (Phi) is 10.7. The fourth-order valence-corrected chi connectivity index (χ4v) is 6.18. The number of anilines is 1. The number of carbonyl (C=O) groups excluding carboxylic acids is 2. The van der Waals surface area contributed by atoms with Crippen LogP contribution in [0.4, 0.5) is 5.82 Å². The van der Waals surface area contributed by atoms with Crippen LogP contribution in [-0.4, -0.2) is 102 Å². The lowest BCUT2D eigenvalue weighted by atomic mass is 9.91. The van der Waals surface area contributed by atoms with Crippen molar-refractivity contribution >= 4 is 23.7 Å². The highest BCUT2D eigenvalue weighted by atomic mass is 16.2. The predicted molar refractivity (Wildman–Crippen MR) is 160 cm³/mol. The first-order chi connectivity index (χ1) is 20.2. The van der Waals surface area contributed by atoms with E-state index in [1.54, 1.807) is 24.5 Å². The van der Waals surface area contributed by atoms with Gasteiger partial charge in [0.1, 0.15) is 0 Å². The number of pyridine rings is 1. The molecule has 0 atom stereocenters. The molecule has 5 heterocycles. The molecule has 2 aromatic heterocycles. The van der Waals surface area contributed by atoms with Gasteiger partial charge >= 0.3 is 0 Å². The van der Waals surface area contributed by atoms with E-state index >= 15 is 0 Å². The van der Waals surface area contributed by atoms with Gasteiger partial charge in [0.2, 0.25) is 5.91 Å². The van der Waals surface area contributed by atoms with Gasteiger partial charge in [-0.05, 0) is 67.9 Å². The van der Waals surface area contributed by atoms with Crippen LogP contribution in [0, 0.1) is 5.92 Å². The second kappa shape index (κ2) is 15.0. The molecule has 0 unspecified atom stereocenters. The summed E-state index contributed by atoms with van der Waals surface area (Å²) < 4.78 is 0. The van der Waals surface area contributed by atoms with E-state index in [0.29, 0.717) is 24.2 Å². The van der Waals surface area contributed by atoms with Gasteiger partial charge < -0.3 is 20.4 Å². The molecule has 10 heteroatoms. The zero-order valence-corrected chi connectivity index (χ0v) is 24.1. The Balaban J connectivity index is 0.960. The molecule has 3 aliphatic rings. The van der Waals surface area contributed by atoms with E-state index in [2.05, 4.69) is 35.6 Å². The van der Waals surface area contributed by atoms with Crippen LogP contribution in [0.2, 0.25) is 0 Å². The molecule has 10 nitrogen and oxygen atoms in total. The molecule has 0 radical (unpaired) electrons. The number of nitrogens with one attached hydrogen (secondary N) is 2. The Labute approximate surface area is 243 Å². The van der Waals surface area contributed by atoms with Crippen molar-refractivity contribution in [2.45, 2.75) is 51.0 Å². The average molecular weight is 561 g/mol. The molecule has 2 N–H and O–H groups in total. The van der Waals surface area contributed by atoms with Crippen LogP contribution in [0.15, 0.2) is 42.7 Å². The van der Waals surface area contributed by atoms with Gasteiger partial charge in [-0.1, -0.05) is 18.9 Å². The monoisotopic (exact) mass is 560 g/mol. The molecule has 3 saturated heterocycles. The number of nitrogens with zero attached hydrogens (tertiary/aromatic N) is 6. The third-order valence-corrected chi connectivity index (χ3v) is 8.68. The largest absolute Gasteiger partial charge is 0.355 e. The van der Waals surface area contributed by atoms with E-state index in [1.807, 2.05) is 29.2 Å². The minimum absolute atomic E-state index is 0.0121. The second-order valence-corrected chi connectivity index (χ2v) is 11.4. The third-order valence-electron chi connectivity index (χ3n) is 8.68. The molecule has 5 rings (SSSR count). The molecule has 41 heavy (non-hydrogen) atoms. The van der Waals surface area contributed by atoms with E-state index in [1.165, 1.54) is 0 Å². The zero-order chi connectivity index (χ0) is 28.3. The Hall–Kier alpha value is -3.37. The van der Waals surface area contributed by atoms with Crippen LogP contribution < -0.4 is 15.5 Å². The Morgan fingerprint density at radius 1 is 0.951 bits per heavy atom. The number of likely N-dealkylation sites (tertiary alicyclic amines) is 1. The van der Waals surface area contributed by atoms with Crippen molar-refractivity contribution in [1.29, 1.82) is 0 Å². The molecule has 0 aromatic carbocycles. The normalized spacial score (nSPS) is 19.5. The van der Waals surface area contributed by atoms with Gasteiger partial charge in [0.25, 0.3) is 5.91 Å². The fraction of sp³-hybridized carbons (Fsp3) is 0.581. The van der Waals surface area contributed by atoms with Crippen molar-refractivity contribution in [3.63, 3.8) is 0 Å². The zero-order valence-electron chi connectivity index (χ0n) is 24.1. The van der Waals surface area contributed by atoms with Crippen molar-refractivity contribution in [2.75, 3.05) is 63.8 Å². The highest BCUT2D eigenvalue weighted by Crippen LogP contribution is 2.24. The molecule has 0 bridgehead atoms. The molecule has 2 amide bonds. The number of piperazine rings is 1. The summed E-state index contributed by atoms with van der Waals surface area (Å²) in [5.41, 5.74) is 1.35. The van der Waals surface area contributed by atoms with E-state index in [-0.39, 0.29) is 11.8 Å². The van der Waals surface area contributed by atoms with Crippen molar-refractivity contribution in [2.24, 2.45) is 5.92 Å². The molecule has 0 saturated carbocycles. The maximum absolute atomic E-state index is 13.1. The number of rotatable bonds is 10. The van der Waals surface area contributed by atoms with Crippen LogP contribution in [0.5, 0.6) is 0 Å². The lowest BCUT2D eigenvalue weighted by Crippen LogP contribution is -2.52. The number of hydrogen-bond donors (Lipinski definition) is 2. The minimum Gasteiger partial charge on any atom is -0.355 e. The van der Waals surface area contributed by atoms with E-state index in [9.17, 15) is 9.59 Å². The Bertz CT molecular complexity index is 1120. The summed E-state index contributed by atoms with van der Waals surface area (Å²) in [6.07, 6.45) is 14.3. The number of carbonyl (C=O) groups is 2. The van der Waals surface area contributed by atoms with Crippen LogP contribution >= 0.6 is 0 Å². The molecule has 3 aliphatic heterocycles. The first-order valence-corrected chi connectivity index (χ1v) is 15.3. The molecule has 2 aromatic rings. The summed E-state index contributed by atoms with van der Waals surface area (Å²) in [6.45, 7) is 8.65. The second-order valence-electron chi connectivity index (χ2n) is 11.4. The highest BCUT2D eigenvalue weighted by Gasteiger charge is 2.27. The van der Waals surface area contributed by atoms with Crippen molar-refractivity contribution in [3.05, 3.63) is 54.0 Å². The van der Waals surface area contributed by atoms with Crippen molar-refractivity contribution < 1.29 is 9.59 Å². The number of amides is 2. The SMILES string of the molecule is O=C(/C=C/c1cccnc1)NCCCCC1CCN(C(=O)c2ccc(N3CCC(N4CCNCC4)CC3)nn2)CC1. The fourth-order valence-electron chi connectivity index (χ4n) is 6.18. The van der Waals surface area contributed by atoms with Gasteiger partial charge in [0, 0.05) is 83.4 Å². The predicted octanol–water partition coefficient (Wildman–Crippen LogP) is 2.60. The molecule has 3 fully saturated rings. The lowest BCUT2D eigenvalue weighted by molar-refractivity contribution is -0.116. The highest BCUT2D eigenvalue weighted by molar-refractivity contribution is 5.92. The summed E-state index contributed by atoms with van der Waals surface area (Å²) >= 11 is 0. The molecular weight excluding hydrogens is 516 g/mol. The standard InChI is InChI=1S/C31H44N8O2/c40-30(9-6-26-5-3-14-33-24-26)34-15-2-1-4-25-10-18-39(19-11-25)31(41)28-7-8-29(36-35-28)38-20-12-27(13-21-38)37-22-16-32-17-23-37/h3,5-9,14,24-25,27,32H,1-2,4,10-13,15-23H2,(H,34,40)/b9-6+. The van der Waals surface area contributed by atoms with Crippen molar-refractivity contribution in [1.82, 2.24) is 35.6 Å². The smallest absolute Gasteiger partial charge is 0.274 e. The third kappa shape index (κ3) is 8.56. The van der Waals surface area contributed by atoms with Crippen LogP contribution in [0.3, 0.4) is 0 Å². The average Bonchev–Trinajstić information content (AvgIpc) is 3.05. The number of unbranched alkanes of at least 4 members (excludes halogenated alkanes) is 1. The summed E-state index contributed by atoms with van der Waals surface area (Å²) in [4.78, 5) is 35.9. The minimum atomic E-state index is -0.0767. The number of piperidine rings is 2. The maximum atomic E-state index is 13.1. The van der Waals surface area contributed by atoms with Crippen molar-refractivity contribution in [3.8, 4) is 0 Å². The summed E-state index contributed by atoms with van der Waals surface area (Å²) in [5, 5.41) is 15.2. The molecule has 0 spiro atoms.